The number of nitrogens with zero attached hydrogens (tertiary/aromatic N) is 4. The van der Waals surface area contributed by atoms with Gasteiger partial charge in [-0.15, -0.1) is 11.3 Å². The molecule has 3 amide bonds. The van der Waals surface area contributed by atoms with Crippen molar-refractivity contribution in [3.05, 3.63) is 79.1 Å². The molecule has 0 aliphatic carbocycles. The lowest BCUT2D eigenvalue weighted by Gasteiger charge is -2.24. The second-order valence-corrected chi connectivity index (χ2v) is 12.8. The zero-order valence-corrected chi connectivity index (χ0v) is 27.9. The zero-order chi connectivity index (χ0) is 34.4. The number of likely N-dealkylation sites (N-methyl/N-ethyl adjacent to an activating group) is 1. The average Bonchev–Trinajstić information content (AvgIpc) is 3.68. The molecule has 0 saturated heterocycles. The first kappa shape index (κ1) is 33.9. The Hall–Kier alpha value is -5.50. The number of imidazole rings is 1. The fraction of sp³-hybridized carbons (Fsp3) is 0.265. The van der Waals surface area contributed by atoms with Gasteiger partial charge in [0.05, 0.1) is 39.9 Å². The summed E-state index contributed by atoms with van der Waals surface area (Å²) < 4.78 is 34.3. The minimum atomic E-state index is -0.705. The molecule has 0 atom stereocenters. The quantitative estimate of drug-likeness (QED) is 0.144. The smallest absolute Gasteiger partial charge is 0.410 e. The van der Waals surface area contributed by atoms with Crippen LogP contribution in [0.15, 0.2) is 73.3 Å². The van der Waals surface area contributed by atoms with E-state index >= 15 is 4.39 Å². The molecule has 3 aromatic heterocycles. The van der Waals surface area contributed by atoms with Crippen LogP contribution in [-0.2, 0) is 20.9 Å². The van der Waals surface area contributed by atoms with Gasteiger partial charge < -0.3 is 34.3 Å². The number of carbonyl (C=O) groups is 3. The summed E-state index contributed by atoms with van der Waals surface area (Å²) in [6, 6.07) is 14.4. The van der Waals surface area contributed by atoms with Crippen LogP contribution in [0.2, 0.25) is 0 Å². The van der Waals surface area contributed by atoms with Gasteiger partial charge in [0.2, 0.25) is 11.8 Å². The Bertz CT molecular complexity index is 1950. The lowest BCUT2D eigenvalue weighted by atomic mass is 10.2. The van der Waals surface area contributed by atoms with E-state index in [1.54, 1.807) is 49.9 Å². The minimum absolute atomic E-state index is 0.0530. The molecule has 0 fully saturated rings. The van der Waals surface area contributed by atoms with Crippen molar-refractivity contribution >= 4 is 50.8 Å². The predicted molar refractivity (Wildman–Crippen MR) is 181 cm³/mol. The zero-order valence-electron chi connectivity index (χ0n) is 27.1. The van der Waals surface area contributed by atoms with Crippen molar-refractivity contribution in [1.82, 2.24) is 19.4 Å². The lowest BCUT2D eigenvalue weighted by molar-refractivity contribution is -0.123. The van der Waals surface area contributed by atoms with Gasteiger partial charge in [-0.3, -0.25) is 14.6 Å². The van der Waals surface area contributed by atoms with Gasteiger partial charge in [-0.1, -0.05) is 12.1 Å². The number of amides is 3. The maximum absolute atomic E-state index is 15.1. The van der Waals surface area contributed by atoms with E-state index in [1.165, 1.54) is 35.5 Å². The first-order valence-corrected chi connectivity index (χ1v) is 15.7. The molecular formula is C34H35FN6O6S. The van der Waals surface area contributed by atoms with E-state index in [2.05, 4.69) is 20.6 Å². The Kier molecular flexibility index (Phi) is 10.2. The molecule has 48 heavy (non-hydrogen) atoms. The maximum atomic E-state index is 15.1. The second kappa shape index (κ2) is 14.5. The average molecular weight is 675 g/mol. The number of halogens is 1. The molecule has 14 heteroatoms. The van der Waals surface area contributed by atoms with Gasteiger partial charge in [0, 0.05) is 50.4 Å². The number of fused-ring (bicyclic) bond motifs is 1. The molecule has 2 N–H and O–H groups in total. The number of nitrogens with one attached hydrogen (secondary N) is 2. The molecule has 0 radical (unpaired) electrons. The number of ether oxygens (including phenoxy) is 3. The number of rotatable bonds is 11. The van der Waals surface area contributed by atoms with E-state index in [1.807, 2.05) is 37.6 Å². The van der Waals surface area contributed by atoms with E-state index in [0.29, 0.717) is 46.2 Å². The van der Waals surface area contributed by atoms with Gasteiger partial charge in [-0.05, 0) is 51.1 Å². The SMILES string of the molecule is COc1ccccc1NC(=O)CC(=O)Nc1ccc(Oc2ccnc3cc(-c4cn(CCN(C)C(=O)OC(C)(C)C)cn4)sc23)c(F)c1. The number of para-hydroxylation sites is 2. The van der Waals surface area contributed by atoms with Crippen molar-refractivity contribution in [3.63, 3.8) is 0 Å². The highest BCUT2D eigenvalue weighted by molar-refractivity contribution is 7.22. The highest BCUT2D eigenvalue weighted by Crippen LogP contribution is 2.39. The molecule has 0 aliphatic rings. The lowest BCUT2D eigenvalue weighted by Crippen LogP contribution is -2.35. The molecule has 5 rings (SSSR count). The number of aromatic nitrogens is 3. The molecule has 0 aliphatic heterocycles. The van der Waals surface area contributed by atoms with Crippen molar-refractivity contribution in [1.29, 1.82) is 0 Å². The normalized spacial score (nSPS) is 11.2. The maximum Gasteiger partial charge on any atom is 0.410 e. The summed E-state index contributed by atoms with van der Waals surface area (Å²) >= 11 is 1.40. The Balaban J connectivity index is 1.20. The highest BCUT2D eigenvalue weighted by atomic mass is 32.1. The topological polar surface area (TPSA) is 137 Å². The summed E-state index contributed by atoms with van der Waals surface area (Å²) in [5, 5.41) is 5.16. The van der Waals surface area contributed by atoms with E-state index in [-0.39, 0.29) is 11.4 Å². The monoisotopic (exact) mass is 674 g/mol. The van der Waals surface area contributed by atoms with Crippen LogP contribution in [0.1, 0.15) is 27.2 Å². The third-order valence-electron chi connectivity index (χ3n) is 6.80. The Labute approximate surface area is 280 Å². The van der Waals surface area contributed by atoms with E-state index < -0.39 is 35.7 Å². The van der Waals surface area contributed by atoms with E-state index in [0.717, 1.165) is 10.9 Å². The third kappa shape index (κ3) is 8.64. The number of methoxy groups -OCH3 is 1. The van der Waals surface area contributed by atoms with E-state index in [4.69, 9.17) is 14.2 Å². The van der Waals surface area contributed by atoms with Gasteiger partial charge in [0.25, 0.3) is 0 Å². The van der Waals surface area contributed by atoms with Gasteiger partial charge in [-0.2, -0.15) is 0 Å². The molecule has 250 valence electrons. The molecule has 0 bridgehead atoms. The van der Waals surface area contributed by atoms with Crippen molar-refractivity contribution < 1.29 is 33.0 Å². The van der Waals surface area contributed by atoms with Gasteiger partial charge in [0.15, 0.2) is 11.6 Å². The molecule has 0 unspecified atom stereocenters. The summed E-state index contributed by atoms with van der Waals surface area (Å²) in [7, 11) is 3.16. The van der Waals surface area contributed by atoms with Crippen LogP contribution in [0.3, 0.4) is 0 Å². The number of thiophene rings is 1. The molecule has 2 aromatic carbocycles. The molecule has 5 aromatic rings. The molecule has 3 heterocycles. The van der Waals surface area contributed by atoms with Crippen molar-refractivity contribution in [3.8, 4) is 27.8 Å². The summed E-state index contributed by atoms with van der Waals surface area (Å²) in [6.45, 7) is 6.42. The van der Waals surface area contributed by atoms with Gasteiger partial charge in [-0.25, -0.2) is 14.2 Å². The number of benzene rings is 2. The highest BCUT2D eigenvalue weighted by Gasteiger charge is 2.20. The summed E-state index contributed by atoms with van der Waals surface area (Å²) in [5.41, 5.74) is 1.40. The third-order valence-corrected chi connectivity index (χ3v) is 7.96. The van der Waals surface area contributed by atoms with Crippen LogP contribution in [0, 0.1) is 5.82 Å². The van der Waals surface area contributed by atoms with Crippen molar-refractivity contribution in [2.45, 2.75) is 39.3 Å². The standard InChI is InChI=1S/C34H35FN6O6S/c1-34(2,3)47-33(44)40(4)14-15-41-19-25(37-20-41)29-17-24-32(48-29)28(12-13-36-24)46-26-11-10-21(16-22(26)35)38-30(42)18-31(43)39-23-8-6-7-9-27(23)45-5/h6-13,16-17,19-20H,14-15,18H2,1-5H3,(H,38,42)(H,39,43). The molecule has 12 nitrogen and oxygen atoms in total. The number of anilines is 2. The largest absolute Gasteiger partial charge is 0.495 e. The minimum Gasteiger partial charge on any atom is -0.495 e. The van der Waals surface area contributed by atoms with Crippen LogP contribution in [0.5, 0.6) is 17.2 Å². The summed E-state index contributed by atoms with van der Waals surface area (Å²) in [5.74, 6) is -1.06. The predicted octanol–water partition coefficient (Wildman–Crippen LogP) is 6.93. The van der Waals surface area contributed by atoms with Crippen LogP contribution in [0.4, 0.5) is 20.6 Å². The van der Waals surface area contributed by atoms with Crippen LogP contribution in [0.25, 0.3) is 20.8 Å². The fourth-order valence-corrected chi connectivity index (χ4v) is 5.53. The molecular weight excluding hydrogens is 639 g/mol. The second-order valence-electron chi connectivity index (χ2n) is 11.8. The van der Waals surface area contributed by atoms with Gasteiger partial charge >= 0.3 is 6.09 Å². The van der Waals surface area contributed by atoms with Crippen molar-refractivity contribution in [2.75, 3.05) is 31.3 Å². The Morgan fingerprint density at radius 3 is 2.50 bits per heavy atom. The summed E-state index contributed by atoms with van der Waals surface area (Å²) in [6.07, 6.45) is 4.27. The van der Waals surface area contributed by atoms with Crippen LogP contribution >= 0.6 is 11.3 Å². The van der Waals surface area contributed by atoms with Crippen LogP contribution < -0.4 is 20.1 Å². The molecule has 0 spiro atoms. The number of hydrogen-bond acceptors (Lipinski definition) is 9. The van der Waals surface area contributed by atoms with Crippen LogP contribution in [-0.4, -0.2) is 63.6 Å². The first-order valence-electron chi connectivity index (χ1n) is 14.9. The summed E-state index contributed by atoms with van der Waals surface area (Å²) in [4.78, 5) is 48.4. The fourth-order valence-electron chi connectivity index (χ4n) is 4.50. The molecule has 0 saturated carbocycles. The first-order chi connectivity index (χ1) is 22.9. The number of carbonyl (C=O) groups excluding carboxylic acids is 3. The van der Waals surface area contributed by atoms with E-state index in [9.17, 15) is 14.4 Å². The van der Waals surface area contributed by atoms with Gasteiger partial charge in [0.1, 0.15) is 23.5 Å². The number of pyridine rings is 1. The van der Waals surface area contributed by atoms with Crippen molar-refractivity contribution in [2.24, 2.45) is 0 Å². The Morgan fingerprint density at radius 2 is 1.75 bits per heavy atom. The number of hydrogen-bond donors (Lipinski definition) is 2. The Morgan fingerprint density at radius 1 is 0.979 bits per heavy atom.